The number of furan rings is 1. The van der Waals surface area contributed by atoms with Gasteiger partial charge >= 0.3 is 5.69 Å². The van der Waals surface area contributed by atoms with Crippen LogP contribution < -0.4 is 10.2 Å². The van der Waals surface area contributed by atoms with Gasteiger partial charge in [-0.1, -0.05) is 40.9 Å². The Morgan fingerprint density at radius 1 is 1.20 bits per heavy atom. The van der Waals surface area contributed by atoms with E-state index in [1.165, 1.54) is 18.3 Å². The Morgan fingerprint density at radius 3 is 2.77 bits per heavy atom. The highest BCUT2D eigenvalue weighted by Crippen LogP contribution is 2.34. The van der Waals surface area contributed by atoms with Gasteiger partial charge in [-0.25, -0.2) is 5.43 Å². The van der Waals surface area contributed by atoms with Crippen molar-refractivity contribution in [2.24, 2.45) is 5.10 Å². The van der Waals surface area contributed by atoms with E-state index in [1.807, 2.05) is 0 Å². The second-order valence-corrected chi connectivity index (χ2v) is 6.98. The second-order valence-electron chi connectivity index (χ2n) is 5.75. The Bertz CT molecular complexity index is 1130. The third-order valence-corrected chi connectivity index (χ3v) is 4.76. The maximum atomic E-state index is 11.9. The number of hydrogen-bond acceptors (Lipinski definition) is 6. The summed E-state index contributed by atoms with van der Waals surface area (Å²) in [4.78, 5) is 22.2. The number of carbonyl (C=O) groups is 1. The van der Waals surface area contributed by atoms with Gasteiger partial charge in [0.05, 0.1) is 21.2 Å². The largest absolute Gasteiger partial charge is 0.477 e. The molecule has 1 aromatic heterocycles. The number of nitro benzene ring substituents is 1. The number of halogens is 3. The first-order chi connectivity index (χ1) is 14.3. The third kappa shape index (κ3) is 5.29. The van der Waals surface area contributed by atoms with Crippen LogP contribution in [0.3, 0.4) is 0 Å². The predicted molar refractivity (Wildman–Crippen MR) is 114 cm³/mol. The van der Waals surface area contributed by atoms with Crippen molar-refractivity contribution in [1.82, 2.24) is 5.43 Å². The summed E-state index contributed by atoms with van der Waals surface area (Å²) in [7, 11) is 0. The van der Waals surface area contributed by atoms with Gasteiger partial charge in [-0.3, -0.25) is 14.9 Å². The summed E-state index contributed by atoms with van der Waals surface area (Å²) in [5.74, 6) is 0.127. The van der Waals surface area contributed by atoms with Crippen LogP contribution in [0.5, 0.6) is 5.75 Å². The van der Waals surface area contributed by atoms with E-state index in [4.69, 9.17) is 44.0 Å². The van der Waals surface area contributed by atoms with Crippen molar-refractivity contribution in [2.75, 3.05) is 6.61 Å². The van der Waals surface area contributed by atoms with Crippen LogP contribution in [0.15, 0.2) is 58.0 Å². The molecule has 8 nitrogen and oxygen atoms in total. The van der Waals surface area contributed by atoms with Crippen molar-refractivity contribution in [2.45, 2.75) is 0 Å². The number of nitro groups is 1. The minimum atomic E-state index is -0.655. The molecule has 3 rings (SSSR count). The van der Waals surface area contributed by atoms with Gasteiger partial charge in [0.1, 0.15) is 11.5 Å². The smallest absolute Gasteiger partial charge is 0.312 e. The SMILES string of the molecule is O=C(COc1ccc(Cl)cc1[N+](=O)[O-])NN=Cc1ccc(-c2cccc(Cl)c2Cl)o1. The summed E-state index contributed by atoms with van der Waals surface area (Å²) in [5.41, 5.74) is 2.50. The van der Waals surface area contributed by atoms with Gasteiger partial charge in [0.15, 0.2) is 12.4 Å². The molecule has 0 bridgehead atoms. The van der Waals surface area contributed by atoms with E-state index in [9.17, 15) is 14.9 Å². The van der Waals surface area contributed by atoms with E-state index in [1.54, 1.807) is 30.3 Å². The van der Waals surface area contributed by atoms with Crippen LogP contribution >= 0.6 is 34.8 Å². The van der Waals surface area contributed by atoms with Gasteiger partial charge in [-0.15, -0.1) is 0 Å². The molecule has 0 unspecified atom stereocenters. The number of carbonyl (C=O) groups excluding carboxylic acids is 1. The number of nitrogens with zero attached hydrogens (tertiary/aromatic N) is 2. The van der Waals surface area contributed by atoms with Gasteiger partial charge in [0, 0.05) is 16.7 Å². The van der Waals surface area contributed by atoms with Gasteiger partial charge in [0.25, 0.3) is 5.91 Å². The zero-order valence-corrected chi connectivity index (χ0v) is 17.2. The summed E-state index contributed by atoms with van der Waals surface area (Å²) < 4.78 is 10.8. The lowest BCUT2D eigenvalue weighted by Crippen LogP contribution is -2.24. The summed E-state index contributed by atoms with van der Waals surface area (Å²) in [6, 6.07) is 12.3. The normalized spacial score (nSPS) is 10.9. The minimum absolute atomic E-state index is 0.0855. The van der Waals surface area contributed by atoms with Crippen molar-refractivity contribution >= 4 is 52.6 Å². The van der Waals surface area contributed by atoms with Crippen LogP contribution in [0.2, 0.25) is 15.1 Å². The average Bonchev–Trinajstić information content (AvgIpc) is 3.17. The fraction of sp³-hybridized carbons (Fsp3) is 0.0526. The van der Waals surface area contributed by atoms with Crippen LogP contribution in [0.1, 0.15) is 5.76 Å². The zero-order valence-electron chi connectivity index (χ0n) is 15.0. The quantitative estimate of drug-likeness (QED) is 0.286. The fourth-order valence-corrected chi connectivity index (χ4v) is 2.92. The molecule has 1 N–H and O–H groups in total. The second kappa shape index (κ2) is 9.62. The highest BCUT2D eigenvalue weighted by atomic mass is 35.5. The maximum Gasteiger partial charge on any atom is 0.312 e. The predicted octanol–water partition coefficient (Wildman–Crippen LogP) is 5.34. The monoisotopic (exact) mass is 467 g/mol. The fourth-order valence-electron chi connectivity index (χ4n) is 2.36. The van der Waals surface area contributed by atoms with E-state index in [2.05, 4.69) is 10.5 Å². The van der Waals surface area contributed by atoms with Gasteiger partial charge < -0.3 is 9.15 Å². The Morgan fingerprint density at radius 2 is 2.00 bits per heavy atom. The molecule has 0 aliphatic heterocycles. The van der Waals surface area contributed by atoms with Crippen LogP contribution in [0.4, 0.5) is 5.69 Å². The molecule has 0 saturated carbocycles. The summed E-state index contributed by atoms with van der Waals surface area (Å²) in [6.07, 6.45) is 1.28. The number of nitrogens with one attached hydrogen (secondary N) is 1. The number of ether oxygens (including phenoxy) is 1. The molecule has 3 aromatic rings. The molecule has 0 spiro atoms. The first-order valence-electron chi connectivity index (χ1n) is 8.28. The van der Waals surface area contributed by atoms with Gasteiger partial charge in [-0.05, 0) is 36.4 Å². The highest BCUT2D eigenvalue weighted by Gasteiger charge is 2.16. The van der Waals surface area contributed by atoms with Crippen molar-refractivity contribution in [1.29, 1.82) is 0 Å². The average molecular weight is 469 g/mol. The molecule has 30 heavy (non-hydrogen) atoms. The minimum Gasteiger partial charge on any atom is -0.477 e. The molecular weight excluding hydrogens is 457 g/mol. The van der Waals surface area contributed by atoms with E-state index in [-0.39, 0.29) is 16.5 Å². The van der Waals surface area contributed by atoms with E-state index in [0.29, 0.717) is 27.1 Å². The summed E-state index contributed by atoms with van der Waals surface area (Å²) in [6.45, 7) is -0.485. The number of amides is 1. The molecule has 154 valence electrons. The molecular formula is C19H12Cl3N3O5. The summed E-state index contributed by atoms with van der Waals surface area (Å²) in [5, 5.41) is 15.7. The van der Waals surface area contributed by atoms with E-state index < -0.39 is 17.4 Å². The van der Waals surface area contributed by atoms with Crippen LogP contribution in [-0.4, -0.2) is 23.7 Å². The molecule has 0 aliphatic rings. The van der Waals surface area contributed by atoms with Crippen molar-refractivity contribution in [3.05, 3.63) is 79.5 Å². The molecule has 0 aliphatic carbocycles. The number of hydrogen-bond donors (Lipinski definition) is 1. The van der Waals surface area contributed by atoms with E-state index >= 15 is 0 Å². The topological polar surface area (TPSA) is 107 Å². The van der Waals surface area contributed by atoms with Crippen molar-refractivity contribution in [3.8, 4) is 17.1 Å². The molecule has 1 amide bonds. The number of benzene rings is 2. The first kappa shape index (κ1) is 21.6. The van der Waals surface area contributed by atoms with E-state index in [0.717, 1.165) is 6.07 Å². The van der Waals surface area contributed by atoms with Gasteiger partial charge in [0.2, 0.25) is 0 Å². The Balaban J connectivity index is 1.58. The maximum absolute atomic E-state index is 11.9. The molecule has 0 saturated heterocycles. The lowest BCUT2D eigenvalue weighted by Gasteiger charge is -2.05. The molecule has 2 aromatic carbocycles. The summed E-state index contributed by atoms with van der Waals surface area (Å²) >= 11 is 17.9. The van der Waals surface area contributed by atoms with Crippen LogP contribution in [0.25, 0.3) is 11.3 Å². The van der Waals surface area contributed by atoms with Crippen molar-refractivity contribution < 1.29 is 18.9 Å². The third-order valence-electron chi connectivity index (χ3n) is 3.70. The van der Waals surface area contributed by atoms with Crippen LogP contribution in [-0.2, 0) is 4.79 Å². The Labute approximate surface area is 185 Å². The van der Waals surface area contributed by atoms with Crippen molar-refractivity contribution in [3.63, 3.8) is 0 Å². The zero-order chi connectivity index (χ0) is 21.7. The molecule has 0 atom stereocenters. The van der Waals surface area contributed by atoms with Gasteiger partial charge in [-0.2, -0.15) is 5.10 Å². The number of hydrazone groups is 1. The molecule has 0 fully saturated rings. The number of rotatable bonds is 7. The molecule has 1 heterocycles. The first-order valence-corrected chi connectivity index (χ1v) is 9.41. The Hall–Kier alpha value is -3.07. The molecule has 0 radical (unpaired) electrons. The Kier molecular flexibility index (Phi) is 6.94. The highest BCUT2D eigenvalue weighted by molar-refractivity contribution is 6.43. The standard InChI is InChI=1S/C19H12Cl3N3O5/c20-11-4-6-17(15(8-11)25(27)28)29-10-18(26)24-23-9-12-5-7-16(30-12)13-2-1-3-14(21)19(13)22/h1-9H,10H2,(H,24,26). The van der Waals surface area contributed by atoms with Crippen LogP contribution in [0, 0.1) is 10.1 Å². The lowest BCUT2D eigenvalue weighted by atomic mass is 10.2. The lowest BCUT2D eigenvalue weighted by molar-refractivity contribution is -0.385. The molecule has 11 heteroatoms.